The zero-order chi connectivity index (χ0) is 19.1. The Morgan fingerprint density at radius 3 is 2.67 bits per heavy atom. The summed E-state index contributed by atoms with van der Waals surface area (Å²) < 4.78 is 20.0. The van der Waals surface area contributed by atoms with Crippen LogP contribution in [0.25, 0.3) is 5.69 Å². The molecule has 0 bridgehead atoms. The largest absolute Gasteiger partial charge is 0.494 e. The Hall–Kier alpha value is -3.29. The van der Waals surface area contributed by atoms with Crippen molar-refractivity contribution in [2.24, 2.45) is 0 Å². The van der Waals surface area contributed by atoms with Gasteiger partial charge in [-0.3, -0.25) is 4.79 Å². The first-order valence-electron chi connectivity index (χ1n) is 8.69. The Morgan fingerprint density at radius 2 is 1.96 bits per heavy atom. The van der Waals surface area contributed by atoms with Crippen molar-refractivity contribution in [1.82, 2.24) is 25.1 Å². The highest BCUT2D eigenvalue weighted by Crippen LogP contribution is 2.16. The number of amides is 1. The highest BCUT2D eigenvalue weighted by atomic mass is 19.1. The maximum atomic E-state index is 13.0. The zero-order valence-corrected chi connectivity index (χ0v) is 15.0. The number of aromatic nitrogens is 4. The van der Waals surface area contributed by atoms with Crippen LogP contribution < -0.4 is 4.74 Å². The van der Waals surface area contributed by atoms with Crippen LogP contribution in [-0.4, -0.2) is 50.7 Å². The fourth-order valence-electron chi connectivity index (χ4n) is 2.68. The van der Waals surface area contributed by atoms with E-state index in [-0.39, 0.29) is 11.7 Å². The Labute approximate surface area is 156 Å². The number of nitrogens with zero attached hydrogens (tertiary/aromatic N) is 5. The zero-order valence-electron chi connectivity index (χ0n) is 15.0. The second kappa shape index (κ2) is 8.88. The van der Waals surface area contributed by atoms with E-state index in [1.54, 1.807) is 29.2 Å². The van der Waals surface area contributed by atoms with Gasteiger partial charge in [-0.05, 0) is 60.2 Å². The number of rotatable bonds is 8. The molecule has 2 aromatic carbocycles. The third kappa shape index (κ3) is 4.66. The fraction of sp³-hybridized carbons (Fsp3) is 0.263. The summed E-state index contributed by atoms with van der Waals surface area (Å²) >= 11 is 0. The summed E-state index contributed by atoms with van der Waals surface area (Å²) in [6.07, 6.45) is 2.11. The Morgan fingerprint density at radius 1 is 1.19 bits per heavy atom. The number of hydrogen-bond acceptors (Lipinski definition) is 5. The molecule has 1 heterocycles. The minimum atomic E-state index is -0.300. The topological polar surface area (TPSA) is 73.1 Å². The molecule has 140 valence electrons. The molecule has 0 N–H and O–H groups in total. The van der Waals surface area contributed by atoms with Gasteiger partial charge in [0.2, 0.25) is 0 Å². The van der Waals surface area contributed by atoms with Gasteiger partial charge in [0.15, 0.2) is 0 Å². The van der Waals surface area contributed by atoms with Gasteiger partial charge in [-0.15, -0.1) is 5.10 Å². The van der Waals surface area contributed by atoms with Crippen molar-refractivity contribution < 1.29 is 13.9 Å². The first kappa shape index (κ1) is 18.5. The molecule has 0 radical (unpaired) electrons. The summed E-state index contributed by atoms with van der Waals surface area (Å²) in [4.78, 5) is 14.7. The van der Waals surface area contributed by atoms with Crippen LogP contribution in [-0.2, 0) is 0 Å². The monoisotopic (exact) mass is 369 g/mol. The lowest BCUT2D eigenvalue weighted by Crippen LogP contribution is -2.33. The number of benzene rings is 2. The van der Waals surface area contributed by atoms with E-state index in [9.17, 15) is 9.18 Å². The molecule has 1 amide bonds. The molecule has 8 heteroatoms. The van der Waals surface area contributed by atoms with Crippen molar-refractivity contribution in [3.63, 3.8) is 0 Å². The third-order valence-corrected chi connectivity index (χ3v) is 4.05. The summed E-state index contributed by atoms with van der Waals surface area (Å²) in [5, 5.41) is 11.1. The quantitative estimate of drug-likeness (QED) is 0.571. The second-order valence-electron chi connectivity index (χ2n) is 5.81. The number of carbonyl (C=O) groups excluding carboxylic acids is 1. The molecular weight excluding hydrogens is 349 g/mol. The standard InChI is InChI=1S/C19H20FN5O2/c1-2-24(12-5-13-27-16-10-8-15(20)9-11-16)19(26)17-6-3-4-7-18(17)25-14-21-22-23-25/h3-4,6-11,14H,2,5,12-13H2,1H3. The Bertz CT molecular complexity index is 868. The van der Waals surface area contributed by atoms with Crippen molar-refractivity contribution in [3.8, 4) is 11.4 Å². The number of tetrazole rings is 1. The van der Waals surface area contributed by atoms with Gasteiger partial charge in [-0.2, -0.15) is 4.68 Å². The van der Waals surface area contributed by atoms with Gasteiger partial charge in [-0.1, -0.05) is 12.1 Å². The van der Waals surface area contributed by atoms with E-state index in [1.807, 2.05) is 19.1 Å². The van der Waals surface area contributed by atoms with Gasteiger partial charge < -0.3 is 9.64 Å². The molecule has 0 fully saturated rings. The number of hydrogen-bond donors (Lipinski definition) is 0. The van der Waals surface area contributed by atoms with Crippen LogP contribution >= 0.6 is 0 Å². The molecule has 3 rings (SSSR count). The lowest BCUT2D eigenvalue weighted by atomic mass is 10.1. The summed E-state index contributed by atoms with van der Waals surface area (Å²) in [6.45, 7) is 3.47. The fourth-order valence-corrected chi connectivity index (χ4v) is 2.68. The maximum absolute atomic E-state index is 13.0. The molecule has 0 saturated carbocycles. The van der Waals surface area contributed by atoms with Crippen LogP contribution in [0.5, 0.6) is 5.75 Å². The van der Waals surface area contributed by atoms with Crippen molar-refractivity contribution >= 4 is 5.91 Å². The number of para-hydroxylation sites is 1. The average Bonchev–Trinajstić information content (AvgIpc) is 3.24. The van der Waals surface area contributed by atoms with Crippen LogP contribution in [0.4, 0.5) is 4.39 Å². The molecule has 0 aliphatic carbocycles. The maximum Gasteiger partial charge on any atom is 0.256 e. The third-order valence-electron chi connectivity index (χ3n) is 4.05. The first-order valence-corrected chi connectivity index (χ1v) is 8.69. The minimum absolute atomic E-state index is 0.0922. The molecular formula is C19H20FN5O2. The van der Waals surface area contributed by atoms with Crippen LogP contribution in [0.3, 0.4) is 0 Å². The van der Waals surface area contributed by atoms with Crippen LogP contribution in [0.1, 0.15) is 23.7 Å². The highest BCUT2D eigenvalue weighted by Gasteiger charge is 2.18. The van der Waals surface area contributed by atoms with Crippen molar-refractivity contribution in [2.75, 3.05) is 19.7 Å². The Kier molecular flexibility index (Phi) is 6.09. The molecule has 7 nitrogen and oxygen atoms in total. The minimum Gasteiger partial charge on any atom is -0.494 e. The van der Waals surface area contributed by atoms with Crippen molar-refractivity contribution in [3.05, 3.63) is 66.2 Å². The first-order chi connectivity index (χ1) is 13.2. The number of ether oxygens (including phenoxy) is 1. The number of halogens is 1. The van der Waals surface area contributed by atoms with E-state index in [1.165, 1.54) is 23.1 Å². The van der Waals surface area contributed by atoms with Gasteiger partial charge >= 0.3 is 0 Å². The molecule has 1 aromatic heterocycles. The summed E-state index contributed by atoms with van der Waals surface area (Å²) in [5.41, 5.74) is 1.17. The summed E-state index contributed by atoms with van der Waals surface area (Å²) in [6, 6.07) is 13.1. The van der Waals surface area contributed by atoms with Gasteiger partial charge in [0.25, 0.3) is 5.91 Å². The summed E-state index contributed by atoms with van der Waals surface area (Å²) in [7, 11) is 0. The van der Waals surface area contributed by atoms with Crippen LogP contribution in [0, 0.1) is 5.82 Å². The molecule has 0 aliphatic rings. The molecule has 27 heavy (non-hydrogen) atoms. The van der Waals surface area contributed by atoms with Gasteiger partial charge in [0, 0.05) is 13.1 Å². The van der Waals surface area contributed by atoms with Crippen molar-refractivity contribution in [2.45, 2.75) is 13.3 Å². The predicted octanol–water partition coefficient (Wildman–Crippen LogP) is 2.73. The van der Waals surface area contributed by atoms with Crippen LogP contribution in [0.2, 0.25) is 0 Å². The highest BCUT2D eigenvalue weighted by molar-refractivity contribution is 5.97. The van der Waals surface area contributed by atoms with E-state index in [0.29, 0.717) is 43.1 Å². The van der Waals surface area contributed by atoms with Crippen LogP contribution in [0.15, 0.2) is 54.9 Å². The molecule has 0 unspecified atom stereocenters. The van der Waals surface area contributed by atoms with Gasteiger partial charge in [-0.25, -0.2) is 4.39 Å². The number of carbonyl (C=O) groups is 1. The van der Waals surface area contributed by atoms with Crippen molar-refractivity contribution in [1.29, 1.82) is 0 Å². The lowest BCUT2D eigenvalue weighted by Gasteiger charge is -2.22. The molecule has 0 aliphatic heterocycles. The molecule has 0 atom stereocenters. The average molecular weight is 369 g/mol. The van der Waals surface area contributed by atoms with E-state index >= 15 is 0 Å². The predicted molar refractivity (Wildman–Crippen MR) is 97.2 cm³/mol. The van der Waals surface area contributed by atoms with E-state index < -0.39 is 0 Å². The second-order valence-corrected chi connectivity index (χ2v) is 5.81. The normalized spacial score (nSPS) is 10.6. The van der Waals surface area contributed by atoms with Gasteiger partial charge in [0.05, 0.1) is 17.9 Å². The molecule has 0 spiro atoms. The lowest BCUT2D eigenvalue weighted by molar-refractivity contribution is 0.0756. The molecule has 3 aromatic rings. The summed E-state index contributed by atoms with van der Waals surface area (Å²) in [5.74, 6) is 0.214. The SMILES string of the molecule is CCN(CCCOc1ccc(F)cc1)C(=O)c1ccccc1-n1cnnn1. The van der Waals surface area contributed by atoms with E-state index in [4.69, 9.17) is 4.74 Å². The van der Waals surface area contributed by atoms with E-state index in [2.05, 4.69) is 15.5 Å². The van der Waals surface area contributed by atoms with E-state index in [0.717, 1.165) is 0 Å². The molecule has 0 saturated heterocycles. The van der Waals surface area contributed by atoms with Gasteiger partial charge in [0.1, 0.15) is 17.9 Å². The Balaban J connectivity index is 1.60. The smallest absolute Gasteiger partial charge is 0.256 e.